The van der Waals surface area contributed by atoms with Crippen LogP contribution in [0.5, 0.6) is 0 Å². The summed E-state index contributed by atoms with van der Waals surface area (Å²) >= 11 is 0. The summed E-state index contributed by atoms with van der Waals surface area (Å²) in [6, 6.07) is 3.85. The lowest BCUT2D eigenvalue weighted by atomic mass is 10.3. The van der Waals surface area contributed by atoms with Crippen LogP contribution >= 0.6 is 0 Å². The van der Waals surface area contributed by atoms with E-state index in [9.17, 15) is 0 Å². The fourth-order valence-electron chi connectivity index (χ4n) is 1.54. The van der Waals surface area contributed by atoms with Crippen LogP contribution in [0, 0.1) is 0 Å². The zero-order valence-corrected chi connectivity index (χ0v) is 8.26. The number of furan rings is 1. The topological polar surface area (TPSA) is 37.9 Å². The Balaban J connectivity index is 2.23. The summed E-state index contributed by atoms with van der Waals surface area (Å²) in [6.07, 6.45) is 7.59. The first-order valence-electron chi connectivity index (χ1n) is 4.87. The molecule has 74 valence electrons. The highest BCUT2D eigenvalue weighted by molar-refractivity contribution is 5.94. The zero-order chi connectivity index (χ0) is 9.86. The largest absolute Gasteiger partial charge is 0.420 e. The number of unbranched alkanes of at least 4 members (excludes halogenated alkanes) is 1. The first-order valence-corrected chi connectivity index (χ1v) is 4.87. The number of rotatable bonds is 4. The molecule has 0 spiro atoms. The molecule has 2 heterocycles. The van der Waals surface area contributed by atoms with Crippen molar-refractivity contribution in [3.8, 4) is 0 Å². The van der Waals surface area contributed by atoms with E-state index >= 15 is 0 Å². The van der Waals surface area contributed by atoms with E-state index in [1.165, 1.54) is 0 Å². The first kappa shape index (κ1) is 9.15. The lowest BCUT2D eigenvalue weighted by molar-refractivity contribution is 0.454. The molecule has 0 radical (unpaired) electrons. The fourth-order valence-corrected chi connectivity index (χ4v) is 1.54. The molecule has 0 bridgehead atoms. The van der Waals surface area contributed by atoms with Crippen LogP contribution in [0.25, 0.3) is 0 Å². The van der Waals surface area contributed by atoms with Crippen LogP contribution in [-0.4, -0.2) is 19.2 Å². The van der Waals surface area contributed by atoms with Crippen LogP contribution in [0.4, 0.5) is 5.88 Å². The monoisotopic (exact) mass is 192 g/mol. The van der Waals surface area contributed by atoms with Gasteiger partial charge in [-0.1, -0.05) is 23.5 Å². The average molecular weight is 192 g/mol. The van der Waals surface area contributed by atoms with Gasteiger partial charge in [-0.2, -0.15) is 4.48 Å². The number of quaternary nitrogens is 1. The molecule has 4 heteroatoms. The zero-order valence-electron chi connectivity index (χ0n) is 8.26. The molecule has 0 atom stereocenters. The first-order chi connectivity index (χ1) is 6.87. The smallest absolute Gasteiger partial charge is 0.308 e. The highest BCUT2D eigenvalue weighted by Gasteiger charge is 2.32. The minimum atomic E-state index is 0.515. The molecule has 1 aliphatic rings. The van der Waals surface area contributed by atoms with Gasteiger partial charge >= 0.3 is 5.88 Å². The summed E-state index contributed by atoms with van der Waals surface area (Å²) < 4.78 is 5.92. The van der Waals surface area contributed by atoms with Crippen LogP contribution in [0.1, 0.15) is 19.8 Å². The van der Waals surface area contributed by atoms with Crippen molar-refractivity contribution in [2.45, 2.75) is 19.8 Å². The van der Waals surface area contributed by atoms with E-state index < -0.39 is 0 Å². The summed E-state index contributed by atoms with van der Waals surface area (Å²) in [7, 11) is 0. The van der Waals surface area contributed by atoms with Crippen LogP contribution in [0.3, 0.4) is 0 Å². The van der Waals surface area contributed by atoms with E-state index in [-0.39, 0.29) is 0 Å². The normalized spacial score (nSPS) is 17.8. The second-order valence-corrected chi connectivity index (χ2v) is 3.42. The van der Waals surface area contributed by atoms with Gasteiger partial charge in [0.25, 0.3) is 0 Å². The van der Waals surface area contributed by atoms with Gasteiger partial charge < -0.3 is 4.42 Å². The van der Waals surface area contributed by atoms with Gasteiger partial charge in [0, 0.05) is 6.07 Å². The maximum Gasteiger partial charge on any atom is 0.308 e. The molecule has 0 N–H and O–H groups in total. The van der Waals surface area contributed by atoms with Crippen LogP contribution in [0.2, 0.25) is 0 Å². The van der Waals surface area contributed by atoms with Crippen LogP contribution < -0.4 is 4.48 Å². The van der Waals surface area contributed by atoms with E-state index in [4.69, 9.17) is 4.42 Å². The minimum absolute atomic E-state index is 0.515. The standard InChI is InChI=1S/C10H14N3O/c1-2-3-6-13(8-11-12-9-13)10-5-4-7-14-10/h4-5,7-9H,2-3,6H2,1H3/q+1. The van der Waals surface area contributed by atoms with Gasteiger partial charge in [-0.25, -0.2) is 0 Å². The molecule has 0 aromatic carbocycles. The van der Waals surface area contributed by atoms with Crippen molar-refractivity contribution in [1.82, 2.24) is 4.48 Å². The molecule has 4 nitrogen and oxygen atoms in total. The number of hydrogen-bond acceptors (Lipinski definition) is 3. The fraction of sp³-hybridized carbons (Fsp3) is 0.400. The quantitative estimate of drug-likeness (QED) is 0.675. The van der Waals surface area contributed by atoms with Gasteiger partial charge in [-0.05, 0) is 12.5 Å². The Labute approximate surface area is 83.1 Å². The van der Waals surface area contributed by atoms with Gasteiger partial charge in [-0.3, -0.25) is 0 Å². The molecule has 1 aliphatic heterocycles. The molecule has 1 aromatic heterocycles. The molecule has 0 saturated carbocycles. The van der Waals surface area contributed by atoms with Gasteiger partial charge in [0.05, 0.1) is 12.8 Å². The molecule has 0 aliphatic carbocycles. The Morgan fingerprint density at radius 3 is 2.71 bits per heavy atom. The summed E-state index contributed by atoms with van der Waals surface area (Å²) in [5, 5.41) is 7.80. The highest BCUT2D eigenvalue weighted by Crippen LogP contribution is 2.23. The van der Waals surface area contributed by atoms with E-state index in [2.05, 4.69) is 17.1 Å². The number of hydrogen-bond donors (Lipinski definition) is 0. The lowest BCUT2D eigenvalue weighted by Gasteiger charge is -2.21. The van der Waals surface area contributed by atoms with E-state index in [0.717, 1.165) is 25.3 Å². The molecule has 14 heavy (non-hydrogen) atoms. The molecule has 0 saturated heterocycles. The Morgan fingerprint density at radius 1 is 1.36 bits per heavy atom. The van der Waals surface area contributed by atoms with Gasteiger partial charge in [0.15, 0.2) is 0 Å². The van der Waals surface area contributed by atoms with Crippen molar-refractivity contribution in [2.24, 2.45) is 10.2 Å². The summed E-state index contributed by atoms with van der Waals surface area (Å²) in [5.74, 6) is 0.878. The second kappa shape index (κ2) is 3.75. The molecule has 0 amide bonds. The van der Waals surface area contributed by atoms with Crippen molar-refractivity contribution in [3.05, 3.63) is 18.4 Å². The van der Waals surface area contributed by atoms with Crippen LogP contribution in [-0.2, 0) is 0 Å². The van der Waals surface area contributed by atoms with Crippen molar-refractivity contribution in [3.63, 3.8) is 0 Å². The third-order valence-corrected chi connectivity index (χ3v) is 2.38. The number of nitrogens with zero attached hydrogens (tertiary/aromatic N) is 3. The third-order valence-electron chi connectivity index (χ3n) is 2.38. The van der Waals surface area contributed by atoms with E-state index in [1.807, 2.05) is 24.8 Å². The Hall–Kier alpha value is -1.42. The lowest BCUT2D eigenvalue weighted by Crippen LogP contribution is -2.45. The maximum atomic E-state index is 5.41. The average Bonchev–Trinajstić information content (AvgIpc) is 2.86. The van der Waals surface area contributed by atoms with E-state index in [0.29, 0.717) is 4.48 Å². The van der Waals surface area contributed by atoms with Gasteiger partial charge in [0.1, 0.15) is 0 Å². The van der Waals surface area contributed by atoms with Crippen molar-refractivity contribution < 1.29 is 4.42 Å². The SMILES string of the molecule is CCCC[N+]1(c2ccco2)C=NN=C1. The molecule has 0 unspecified atom stereocenters. The molecule has 0 fully saturated rings. The van der Waals surface area contributed by atoms with Crippen molar-refractivity contribution >= 4 is 18.6 Å². The maximum absolute atomic E-state index is 5.41. The van der Waals surface area contributed by atoms with Crippen molar-refractivity contribution in [1.29, 1.82) is 0 Å². The summed E-state index contributed by atoms with van der Waals surface area (Å²) in [5.41, 5.74) is 0. The second-order valence-electron chi connectivity index (χ2n) is 3.42. The molecule has 2 rings (SSSR count). The van der Waals surface area contributed by atoms with Gasteiger partial charge in [0.2, 0.25) is 12.7 Å². The summed E-state index contributed by atoms with van der Waals surface area (Å²) in [4.78, 5) is 0. The Bertz CT molecular complexity index is 328. The molecular weight excluding hydrogens is 178 g/mol. The van der Waals surface area contributed by atoms with E-state index in [1.54, 1.807) is 6.26 Å². The highest BCUT2D eigenvalue weighted by atomic mass is 16.4. The summed E-state index contributed by atoms with van der Waals surface area (Å²) in [6.45, 7) is 3.13. The predicted octanol–water partition coefficient (Wildman–Crippen LogP) is 2.37. The molecule has 1 aromatic rings. The Kier molecular flexibility index (Phi) is 2.45. The third kappa shape index (κ3) is 1.48. The van der Waals surface area contributed by atoms with Crippen LogP contribution in [0.15, 0.2) is 33.0 Å². The molecular formula is C10H14N3O+. The predicted molar refractivity (Wildman–Crippen MR) is 57.3 cm³/mol. The van der Waals surface area contributed by atoms with Crippen molar-refractivity contribution in [2.75, 3.05) is 6.54 Å². The van der Waals surface area contributed by atoms with Gasteiger partial charge in [-0.15, -0.1) is 0 Å². The minimum Gasteiger partial charge on any atom is -0.420 e. The Morgan fingerprint density at radius 2 is 2.14 bits per heavy atom.